The molecular formula is C23H36N4OSi. The Morgan fingerprint density at radius 1 is 0.966 bits per heavy atom. The second-order valence-electron chi connectivity index (χ2n) is 9.57. The molecule has 0 radical (unpaired) electrons. The lowest BCUT2D eigenvalue weighted by molar-refractivity contribution is 0.249. The Hall–Kier alpha value is -1.89. The summed E-state index contributed by atoms with van der Waals surface area (Å²) in [5.74, 6) is 0.580. The van der Waals surface area contributed by atoms with Crippen molar-refractivity contribution in [1.29, 1.82) is 0 Å². The predicted molar refractivity (Wildman–Crippen MR) is 125 cm³/mol. The molecule has 0 aliphatic carbocycles. The summed E-state index contributed by atoms with van der Waals surface area (Å²) < 4.78 is 6.35. The fraction of sp³-hybridized carbons (Fsp3) is 0.522. The number of rotatable bonds is 6. The van der Waals surface area contributed by atoms with Gasteiger partial charge in [-0.05, 0) is 47.5 Å². The molecule has 1 aliphatic heterocycles. The molecule has 2 aromatic rings. The Morgan fingerprint density at radius 3 is 2.14 bits per heavy atom. The van der Waals surface area contributed by atoms with E-state index in [1.165, 1.54) is 16.8 Å². The van der Waals surface area contributed by atoms with Gasteiger partial charge in [-0.25, -0.2) is 4.98 Å². The quantitative estimate of drug-likeness (QED) is 0.708. The number of hydrogen-bond donors (Lipinski definition) is 1. The second-order valence-corrected chi connectivity index (χ2v) is 14.4. The highest BCUT2D eigenvalue weighted by Gasteiger charge is 2.37. The van der Waals surface area contributed by atoms with Gasteiger partial charge in [0.25, 0.3) is 0 Å². The van der Waals surface area contributed by atoms with E-state index in [0.29, 0.717) is 12.4 Å². The van der Waals surface area contributed by atoms with E-state index in [0.717, 1.165) is 32.7 Å². The molecule has 5 nitrogen and oxygen atoms in total. The molecule has 1 aliphatic rings. The third-order valence-corrected chi connectivity index (χ3v) is 10.8. The molecule has 6 heteroatoms. The van der Waals surface area contributed by atoms with E-state index in [1.807, 2.05) is 12.3 Å². The van der Waals surface area contributed by atoms with Crippen LogP contribution in [-0.2, 0) is 17.6 Å². The summed E-state index contributed by atoms with van der Waals surface area (Å²) in [5, 5.41) is 0.245. The molecule has 1 aromatic heterocycles. The van der Waals surface area contributed by atoms with Gasteiger partial charge in [0.2, 0.25) is 0 Å². The van der Waals surface area contributed by atoms with Crippen LogP contribution < -0.4 is 10.6 Å². The van der Waals surface area contributed by atoms with Crippen molar-refractivity contribution in [2.75, 3.05) is 36.8 Å². The maximum Gasteiger partial charge on any atom is 0.192 e. The molecule has 3 rings (SSSR count). The summed E-state index contributed by atoms with van der Waals surface area (Å²) in [7, 11) is -1.70. The van der Waals surface area contributed by atoms with E-state index >= 15 is 0 Å². The van der Waals surface area contributed by atoms with E-state index in [-0.39, 0.29) is 5.04 Å². The number of pyridine rings is 1. The van der Waals surface area contributed by atoms with Gasteiger partial charge in [0.05, 0.1) is 6.61 Å². The molecule has 158 valence electrons. The first-order chi connectivity index (χ1) is 13.6. The van der Waals surface area contributed by atoms with Gasteiger partial charge in [-0.1, -0.05) is 39.0 Å². The molecule has 0 unspecified atom stereocenters. The largest absolute Gasteiger partial charge is 0.413 e. The van der Waals surface area contributed by atoms with Crippen LogP contribution in [0.25, 0.3) is 0 Å². The van der Waals surface area contributed by atoms with Crippen LogP contribution in [0.15, 0.2) is 42.6 Å². The minimum atomic E-state index is -1.70. The molecule has 1 fully saturated rings. The SMILES string of the molecule is CC(C)(C)[Si](C)(C)OCc1ccc(N2CCN(Cc3ccc(N)nc3)CC2)cc1. The van der Waals surface area contributed by atoms with Gasteiger partial charge in [0.15, 0.2) is 8.32 Å². The summed E-state index contributed by atoms with van der Waals surface area (Å²) in [4.78, 5) is 9.14. The fourth-order valence-corrected chi connectivity index (χ4v) is 4.20. The highest BCUT2D eigenvalue weighted by atomic mass is 28.4. The van der Waals surface area contributed by atoms with Crippen molar-refractivity contribution in [2.45, 2.75) is 52.1 Å². The van der Waals surface area contributed by atoms with Crippen LogP contribution in [0.1, 0.15) is 31.9 Å². The van der Waals surface area contributed by atoms with Crippen LogP contribution in [0.3, 0.4) is 0 Å². The molecule has 0 bridgehead atoms. The predicted octanol–water partition coefficient (Wildman–Crippen LogP) is 4.51. The summed E-state index contributed by atoms with van der Waals surface area (Å²) in [6.07, 6.45) is 1.88. The lowest BCUT2D eigenvalue weighted by Crippen LogP contribution is -2.46. The molecule has 2 heterocycles. The van der Waals surface area contributed by atoms with Crippen LogP contribution >= 0.6 is 0 Å². The van der Waals surface area contributed by atoms with Crippen LogP contribution in [-0.4, -0.2) is 44.4 Å². The van der Waals surface area contributed by atoms with Crippen molar-refractivity contribution in [2.24, 2.45) is 0 Å². The van der Waals surface area contributed by atoms with Crippen LogP contribution in [0.5, 0.6) is 0 Å². The standard InChI is InChI=1S/C23H36N4OSi/c1-23(2,3)29(4,5)28-18-19-6-9-21(10-7-19)27-14-12-26(13-15-27)17-20-8-11-22(24)25-16-20/h6-11,16H,12-15,17-18H2,1-5H3,(H2,24,25). The third-order valence-electron chi connectivity index (χ3n) is 6.33. The first-order valence-corrected chi connectivity index (χ1v) is 13.5. The summed E-state index contributed by atoms with van der Waals surface area (Å²) in [5.41, 5.74) is 9.45. The second kappa shape index (κ2) is 8.86. The number of nitrogens with zero attached hydrogens (tertiary/aromatic N) is 3. The van der Waals surface area contributed by atoms with Crippen molar-refractivity contribution >= 4 is 19.8 Å². The maximum absolute atomic E-state index is 6.35. The molecular weight excluding hydrogens is 376 g/mol. The molecule has 1 aromatic carbocycles. The number of anilines is 2. The number of aromatic nitrogens is 1. The van der Waals surface area contributed by atoms with Gasteiger partial charge in [-0.15, -0.1) is 0 Å². The number of nitrogen functional groups attached to an aromatic ring is 1. The minimum Gasteiger partial charge on any atom is -0.413 e. The highest BCUT2D eigenvalue weighted by Crippen LogP contribution is 2.37. The van der Waals surface area contributed by atoms with Crippen molar-refractivity contribution in [3.05, 3.63) is 53.7 Å². The van der Waals surface area contributed by atoms with Crippen LogP contribution in [0.4, 0.5) is 11.5 Å². The molecule has 1 saturated heterocycles. The topological polar surface area (TPSA) is 54.6 Å². The van der Waals surface area contributed by atoms with Crippen LogP contribution in [0.2, 0.25) is 18.1 Å². The molecule has 0 amide bonds. The Labute approximate surface area is 177 Å². The van der Waals surface area contributed by atoms with E-state index in [4.69, 9.17) is 10.2 Å². The van der Waals surface area contributed by atoms with Crippen molar-refractivity contribution in [3.63, 3.8) is 0 Å². The number of nitrogens with two attached hydrogens (primary N) is 1. The summed E-state index contributed by atoms with van der Waals surface area (Å²) in [6.45, 7) is 17.3. The fourth-order valence-electron chi connectivity index (χ4n) is 3.24. The lowest BCUT2D eigenvalue weighted by atomic mass is 10.2. The number of benzene rings is 1. The Morgan fingerprint density at radius 2 is 1.59 bits per heavy atom. The first kappa shape index (κ1) is 21.8. The zero-order chi connectivity index (χ0) is 21.1. The van der Waals surface area contributed by atoms with Gasteiger partial charge >= 0.3 is 0 Å². The maximum atomic E-state index is 6.35. The van der Waals surface area contributed by atoms with Gasteiger partial charge in [0, 0.05) is 44.6 Å². The van der Waals surface area contributed by atoms with Gasteiger partial charge in [-0.2, -0.15) is 0 Å². The van der Waals surface area contributed by atoms with Crippen molar-refractivity contribution in [1.82, 2.24) is 9.88 Å². The lowest BCUT2D eigenvalue weighted by Gasteiger charge is -2.36. The Balaban J connectivity index is 1.49. The van der Waals surface area contributed by atoms with E-state index in [2.05, 4.69) is 79.0 Å². The van der Waals surface area contributed by atoms with E-state index in [1.54, 1.807) is 0 Å². The summed E-state index contributed by atoms with van der Waals surface area (Å²) in [6, 6.07) is 12.9. The van der Waals surface area contributed by atoms with Gasteiger partial charge < -0.3 is 15.1 Å². The Bertz CT molecular complexity index is 776. The van der Waals surface area contributed by atoms with Crippen molar-refractivity contribution < 1.29 is 4.43 Å². The number of piperazine rings is 1. The van der Waals surface area contributed by atoms with Crippen LogP contribution in [0, 0.1) is 0 Å². The molecule has 0 saturated carbocycles. The van der Waals surface area contributed by atoms with E-state index < -0.39 is 8.32 Å². The van der Waals surface area contributed by atoms with Gasteiger partial charge in [-0.3, -0.25) is 4.90 Å². The van der Waals surface area contributed by atoms with E-state index in [9.17, 15) is 0 Å². The summed E-state index contributed by atoms with van der Waals surface area (Å²) >= 11 is 0. The molecule has 2 N–H and O–H groups in total. The highest BCUT2D eigenvalue weighted by molar-refractivity contribution is 6.74. The molecule has 0 atom stereocenters. The zero-order valence-electron chi connectivity index (χ0n) is 18.6. The Kier molecular flexibility index (Phi) is 6.66. The van der Waals surface area contributed by atoms with Crippen molar-refractivity contribution in [3.8, 4) is 0 Å². The number of hydrogen-bond acceptors (Lipinski definition) is 5. The smallest absolute Gasteiger partial charge is 0.192 e. The average Bonchev–Trinajstić information content (AvgIpc) is 2.68. The third kappa shape index (κ3) is 5.81. The minimum absolute atomic E-state index is 0.245. The molecule has 0 spiro atoms. The zero-order valence-corrected chi connectivity index (χ0v) is 19.6. The average molecular weight is 413 g/mol. The normalized spacial score (nSPS) is 16.2. The monoisotopic (exact) mass is 412 g/mol. The molecule has 29 heavy (non-hydrogen) atoms. The van der Waals surface area contributed by atoms with Gasteiger partial charge in [0.1, 0.15) is 5.82 Å². The first-order valence-electron chi connectivity index (χ1n) is 10.5.